The number of ether oxygens (including phenoxy) is 1. The maximum atomic E-state index is 13.2. The highest BCUT2D eigenvalue weighted by molar-refractivity contribution is 5.77. The number of aliphatic hydroxyl groups excluding tert-OH is 2. The minimum atomic E-state index is -0.802. The molecule has 354 valence electrons. The van der Waals surface area contributed by atoms with Crippen molar-refractivity contribution >= 4 is 11.9 Å². The van der Waals surface area contributed by atoms with Gasteiger partial charge in [-0.2, -0.15) is 0 Å². The van der Waals surface area contributed by atoms with Gasteiger partial charge in [0, 0.05) is 6.42 Å². The zero-order chi connectivity index (χ0) is 45.2. The minimum absolute atomic E-state index is 0.0483. The number of amides is 1. The highest BCUT2D eigenvalue weighted by Gasteiger charge is 2.24. The second-order valence-electron chi connectivity index (χ2n) is 17.0. The number of aliphatic hydroxyl groups is 2. The Morgan fingerprint density at radius 3 is 1.48 bits per heavy atom. The molecule has 62 heavy (non-hydrogen) atoms. The predicted molar refractivity (Wildman–Crippen MR) is 268 cm³/mol. The van der Waals surface area contributed by atoms with Gasteiger partial charge < -0.3 is 20.3 Å². The Labute approximate surface area is 382 Å². The zero-order valence-corrected chi connectivity index (χ0v) is 40.2. The van der Waals surface area contributed by atoms with E-state index in [1.165, 1.54) is 89.9 Å². The van der Waals surface area contributed by atoms with E-state index >= 15 is 0 Å². The van der Waals surface area contributed by atoms with Gasteiger partial charge in [-0.25, -0.2) is 0 Å². The van der Waals surface area contributed by atoms with Crippen LogP contribution in [0.4, 0.5) is 0 Å². The van der Waals surface area contributed by atoms with Gasteiger partial charge in [-0.05, 0) is 77.0 Å². The largest absolute Gasteiger partial charge is 0.462 e. The van der Waals surface area contributed by atoms with Gasteiger partial charge in [0.2, 0.25) is 5.91 Å². The molecule has 0 radical (unpaired) electrons. The van der Waals surface area contributed by atoms with Crippen LogP contribution in [0.25, 0.3) is 0 Å². The van der Waals surface area contributed by atoms with Crippen molar-refractivity contribution in [2.45, 2.75) is 238 Å². The third kappa shape index (κ3) is 43.4. The van der Waals surface area contributed by atoms with Crippen LogP contribution >= 0.6 is 0 Å². The maximum absolute atomic E-state index is 13.2. The fourth-order valence-corrected chi connectivity index (χ4v) is 7.20. The molecular formula is C56H95NO5. The first-order chi connectivity index (χ1) is 30.5. The molecule has 3 unspecified atom stereocenters. The van der Waals surface area contributed by atoms with Crippen LogP contribution in [-0.2, 0) is 14.3 Å². The van der Waals surface area contributed by atoms with Gasteiger partial charge in [-0.15, -0.1) is 0 Å². The Bertz CT molecular complexity index is 1240. The van der Waals surface area contributed by atoms with Crippen LogP contribution < -0.4 is 5.32 Å². The van der Waals surface area contributed by atoms with E-state index in [-0.39, 0.29) is 24.9 Å². The van der Waals surface area contributed by atoms with Crippen molar-refractivity contribution in [3.63, 3.8) is 0 Å². The average molecular weight is 862 g/mol. The van der Waals surface area contributed by atoms with Crippen molar-refractivity contribution < 1.29 is 24.5 Å². The van der Waals surface area contributed by atoms with E-state index in [9.17, 15) is 19.8 Å². The first-order valence-corrected chi connectivity index (χ1v) is 25.5. The molecule has 6 nitrogen and oxygen atoms in total. The highest BCUT2D eigenvalue weighted by Crippen LogP contribution is 2.17. The van der Waals surface area contributed by atoms with Crippen molar-refractivity contribution in [1.82, 2.24) is 5.32 Å². The molecule has 0 spiro atoms. The summed E-state index contributed by atoms with van der Waals surface area (Å²) < 4.78 is 5.91. The van der Waals surface area contributed by atoms with Crippen molar-refractivity contribution in [2.24, 2.45) is 0 Å². The van der Waals surface area contributed by atoms with Gasteiger partial charge in [0.1, 0.15) is 6.10 Å². The first kappa shape index (κ1) is 58.8. The summed E-state index contributed by atoms with van der Waals surface area (Å²) in [5.41, 5.74) is 0. The predicted octanol–water partition coefficient (Wildman–Crippen LogP) is 15.3. The third-order valence-corrected chi connectivity index (χ3v) is 11.1. The number of esters is 1. The van der Waals surface area contributed by atoms with Crippen molar-refractivity contribution in [3.8, 4) is 0 Å². The third-order valence-electron chi connectivity index (χ3n) is 11.1. The van der Waals surface area contributed by atoms with Crippen LogP contribution in [0.5, 0.6) is 0 Å². The number of nitrogens with one attached hydrogen (secondary N) is 1. The number of hydrogen-bond donors (Lipinski definition) is 3. The van der Waals surface area contributed by atoms with E-state index in [1.807, 2.05) is 54.7 Å². The first-order valence-electron chi connectivity index (χ1n) is 25.5. The van der Waals surface area contributed by atoms with Gasteiger partial charge in [-0.3, -0.25) is 9.59 Å². The molecule has 1 amide bonds. The lowest BCUT2D eigenvalue weighted by molar-refractivity contribution is -0.151. The monoisotopic (exact) mass is 862 g/mol. The molecular weight excluding hydrogens is 767 g/mol. The lowest BCUT2D eigenvalue weighted by Crippen LogP contribution is -2.46. The Balaban J connectivity index is 4.71. The molecule has 0 aromatic heterocycles. The summed E-state index contributed by atoms with van der Waals surface area (Å²) in [4.78, 5) is 26.1. The quantitative estimate of drug-likeness (QED) is 0.0245. The van der Waals surface area contributed by atoms with E-state index in [0.29, 0.717) is 19.3 Å². The van der Waals surface area contributed by atoms with Crippen LogP contribution in [0.3, 0.4) is 0 Å². The van der Waals surface area contributed by atoms with Gasteiger partial charge in [-0.1, -0.05) is 227 Å². The van der Waals surface area contributed by atoms with E-state index in [0.717, 1.165) is 83.5 Å². The second kappa shape index (κ2) is 48.8. The number of carbonyl (C=O) groups is 2. The van der Waals surface area contributed by atoms with Crippen LogP contribution in [-0.4, -0.2) is 46.9 Å². The Kier molecular flexibility index (Phi) is 46.3. The van der Waals surface area contributed by atoms with Gasteiger partial charge in [0.25, 0.3) is 0 Å². The van der Waals surface area contributed by atoms with Crippen LogP contribution in [0.1, 0.15) is 220 Å². The minimum Gasteiger partial charge on any atom is -0.462 e. The molecule has 0 saturated carbocycles. The van der Waals surface area contributed by atoms with E-state index in [4.69, 9.17) is 4.74 Å². The molecule has 0 fully saturated rings. The van der Waals surface area contributed by atoms with Gasteiger partial charge in [0.15, 0.2) is 0 Å². The van der Waals surface area contributed by atoms with E-state index in [2.05, 4.69) is 68.6 Å². The summed E-state index contributed by atoms with van der Waals surface area (Å²) >= 11 is 0. The lowest BCUT2D eigenvalue weighted by atomic mass is 10.0. The second-order valence-corrected chi connectivity index (χ2v) is 17.0. The molecule has 3 atom stereocenters. The summed E-state index contributed by atoms with van der Waals surface area (Å²) in [6.07, 6.45) is 64.6. The van der Waals surface area contributed by atoms with Crippen molar-refractivity contribution in [3.05, 3.63) is 97.2 Å². The number of carbonyl (C=O) groups excluding carboxylic acids is 2. The highest BCUT2D eigenvalue weighted by atomic mass is 16.5. The van der Waals surface area contributed by atoms with E-state index in [1.54, 1.807) is 0 Å². The smallest absolute Gasteiger partial charge is 0.306 e. The molecule has 0 aromatic rings. The Morgan fingerprint density at radius 1 is 0.500 bits per heavy atom. The standard InChI is InChI=1S/C56H95NO5/c1-4-7-10-13-16-19-21-23-25-27-29-31-33-36-38-41-44-47-52(50-55(60)57-53(51-58)54(59)48-45-42-39-35-18-15-12-9-6-3)62-56(61)49-46-43-40-37-34-32-30-28-26-24-22-20-17-14-11-8-5-2/h8,11,14,16-17,19-20,22-26,28,30,32,34,52-54,58-59H,4-7,9-10,12-13,15,18,21,27,29,31,33,35-51H2,1-3H3,(H,57,60)/b11-8-,17-14+,19-16-,22-20+,25-23-,26-24-,30-28+,34-32+. The molecule has 0 rings (SSSR count). The zero-order valence-electron chi connectivity index (χ0n) is 40.2. The summed E-state index contributed by atoms with van der Waals surface area (Å²) in [7, 11) is 0. The van der Waals surface area contributed by atoms with Crippen LogP contribution in [0, 0.1) is 0 Å². The molecule has 0 aromatic carbocycles. The summed E-state index contributed by atoms with van der Waals surface area (Å²) in [5.74, 6) is -0.540. The van der Waals surface area contributed by atoms with Gasteiger partial charge in [0.05, 0.1) is 25.2 Å². The number of rotatable bonds is 44. The number of hydrogen-bond acceptors (Lipinski definition) is 5. The Hall–Kier alpha value is -3.22. The SMILES string of the molecule is CC\C=C/C=C/C=C/C=C\C=C\C=C\CCCCCC(=O)OC(CCCCCCCCC/C=C\C/C=C\CCCCC)CC(=O)NC(CO)C(O)CCCCCCCCCCC. The summed E-state index contributed by atoms with van der Waals surface area (Å²) in [6, 6.07) is -0.718. The van der Waals surface area contributed by atoms with Crippen molar-refractivity contribution in [2.75, 3.05) is 6.61 Å². The van der Waals surface area contributed by atoms with Gasteiger partial charge >= 0.3 is 5.97 Å². The fourth-order valence-electron chi connectivity index (χ4n) is 7.20. The normalized spacial score (nSPS) is 14.1. The van der Waals surface area contributed by atoms with Crippen molar-refractivity contribution in [1.29, 1.82) is 0 Å². The number of unbranched alkanes of at least 4 members (excludes halogenated alkanes) is 21. The molecule has 0 saturated heterocycles. The summed E-state index contributed by atoms with van der Waals surface area (Å²) in [6.45, 7) is 6.27. The lowest BCUT2D eigenvalue weighted by Gasteiger charge is -2.24. The van der Waals surface area contributed by atoms with E-state index < -0.39 is 18.2 Å². The number of allylic oxidation sites excluding steroid dienone is 16. The fraction of sp³-hybridized carbons (Fsp3) is 0.679. The Morgan fingerprint density at radius 2 is 0.935 bits per heavy atom. The molecule has 0 bridgehead atoms. The van der Waals surface area contributed by atoms with Crippen LogP contribution in [0.2, 0.25) is 0 Å². The maximum Gasteiger partial charge on any atom is 0.306 e. The molecule has 0 aliphatic carbocycles. The molecule has 0 aliphatic heterocycles. The summed E-state index contributed by atoms with van der Waals surface area (Å²) in [5, 5.41) is 23.7. The molecule has 6 heteroatoms. The molecule has 0 aliphatic rings. The average Bonchev–Trinajstić information content (AvgIpc) is 3.26. The van der Waals surface area contributed by atoms with Crippen LogP contribution in [0.15, 0.2) is 97.2 Å². The molecule has 3 N–H and O–H groups in total. The topological polar surface area (TPSA) is 95.9 Å². The molecule has 0 heterocycles.